The second kappa shape index (κ2) is 17.3. The number of rotatable bonds is 18. The molecule has 280 valence electrons. The van der Waals surface area contributed by atoms with Crippen LogP contribution >= 0.6 is 0 Å². The van der Waals surface area contributed by atoms with Gasteiger partial charge in [-0.3, -0.25) is 9.78 Å². The van der Waals surface area contributed by atoms with Gasteiger partial charge < -0.3 is 24.2 Å². The van der Waals surface area contributed by atoms with Gasteiger partial charge in [-0.15, -0.1) is 0 Å². The highest BCUT2D eigenvalue weighted by atomic mass is 28.3. The first-order valence-corrected chi connectivity index (χ1v) is 26.1. The van der Waals surface area contributed by atoms with Crippen molar-refractivity contribution in [3.63, 3.8) is 0 Å². The zero-order chi connectivity index (χ0) is 37.5. The zero-order valence-electron chi connectivity index (χ0n) is 32.2. The molecule has 10 nitrogen and oxygen atoms in total. The molecule has 3 heterocycles. The van der Waals surface area contributed by atoms with Gasteiger partial charge in [0, 0.05) is 58.2 Å². The Morgan fingerprint density at radius 1 is 0.904 bits per heavy atom. The highest BCUT2D eigenvalue weighted by molar-refractivity contribution is 6.76. The lowest BCUT2D eigenvalue weighted by molar-refractivity contribution is -0.142. The number of fused-ring (bicyclic) bond motifs is 1. The number of aromatic nitrogens is 4. The van der Waals surface area contributed by atoms with Crippen molar-refractivity contribution in [1.29, 1.82) is 0 Å². The Hall–Kier alpha value is -3.85. The summed E-state index contributed by atoms with van der Waals surface area (Å²) in [5.41, 5.74) is 5.97. The number of aliphatic carboxylic acids is 1. The maximum absolute atomic E-state index is 11.9. The van der Waals surface area contributed by atoms with Crippen molar-refractivity contribution in [2.75, 3.05) is 38.2 Å². The maximum Gasteiger partial charge on any atom is 0.306 e. The quantitative estimate of drug-likeness (QED) is 0.0461. The molecule has 52 heavy (non-hydrogen) atoms. The third-order valence-electron chi connectivity index (χ3n) is 9.64. The predicted octanol–water partition coefficient (Wildman–Crippen LogP) is 9.25. The van der Waals surface area contributed by atoms with E-state index in [-0.39, 0.29) is 25.3 Å². The van der Waals surface area contributed by atoms with Crippen molar-refractivity contribution < 1.29 is 24.1 Å². The molecule has 1 aliphatic rings. The van der Waals surface area contributed by atoms with Crippen molar-refractivity contribution >= 4 is 39.3 Å². The minimum absolute atomic E-state index is 0.00959. The van der Waals surface area contributed by atoms with Crippen LogP contribution in [0.4, 0.5) is 5.82 Å². The summed E-state index contributed by atoms with van der Waals surface area (Å²) >= 11 is 0. The van der Waals surface area contributed by atoms with E-state index in [9.17, 15) is 9.90 Å². The molecule has 0 amide bonds. The molecule has 4 aromatic rings. The fourth-order valence-electron chi connectivity index (χ4n) is 6.51. The molecule has 0 bridgehead atoms. The Morgan fingerprint density at radius 2 is 1.54 bits per heavy atom. The molecule has 0 saturated heterocycles. The number of hydrogen-bond acceptors (Lipinski definition) is 8. The second-order valence-electron chi connectivity index (χ2n) is 16.3. The number of pyridine rings is 1. The lowest BCUT2D eigenvalue weighted by Crippen LogP contribution is -2.34. The van der Waals surface area contributed by atoms with Crippen molar-refractivity contribution in [2.45, 2.75) is 89.9 Å². The average molecular weight is 744 g/mol. The minimum atomic E-state index is -1.33. The van der Waals surface area contributed by atoms with E-state index >= 15 is 0 Å². The van der Waals surface area contributed by atoms with Crippen LogP contribution in [0, 0.1) is 5.92 Å². The number of nitrogens with zero attached hydrogens (tertiary/aromatic N) is 5. The summed E-state index contributed by atoms with van der Waals surface area (Å²) in [6, 6.07) is 16.3. The van der Waals surface area contributed by atoms with Crippen molar-refractivity contribution in [3.05, 3.63) is 72.7 Å². The fraction of sp³-hybridized carbons (Fsp3) is 0.500. The van der Waals surface area contributed by atoms with Crippen LogP contribution in [-0.4, -0.2) is 80.1 Å². The number of hydrogen-bond donors (Lipinski definition) is 1. The van der Waals surface area contributed by atoms with Gasteiger partial charge in [0.2, 0.25) is 0 Å². The van der Waals surface area contributed by atoms with Crippen LogP contribution in [0.2, 0.25) is 51.4 Å². The van der Waals surface area contributed by atoms with E-state index in [2.05, 4.69) is 69.0 Å². The van der Waals surface area contributed by atoms with Gasteiger partial charge in [-0.1, -0.05) is 82.3 Å². The van der Waals surface area contributed by atoms with E-state index in [1.54, 1.807) is 0 Å². The third kappa shape index (κ3) is 10.2. The van der Waals surface area contributed by atoms with E-state index in [0.29, 0.717) is 56.9 Å². The van der Waals surface area contributed by atoms with Gasteiger partial charge in [0.15, 0.2) is 5.65 Å². The number of benzene rings is 1. The topological polar surface area (TPSA) is 111 Å². The minimum Gasteiger partial charge on any atom is -0.494 e. The predicted molar refractivity (Wildman–Crippen MR) is 215 cm³/mol. The summed E-state index contributed by atoms with van der Waals surface area (Å²) in [4.78, 5) is 24.2. The summed E-state index contributed by atoms with van der Waals surface area (Å²) in [5.74, 6) is 0.176. The first kappa shape index (κ1) is 39.4. The van der Waals surface area contributed by atoms with Crippen LogP contribution in [0.25, 0.3) is 33.8 Å². The number of anilines is 1. The van der Waals surface area contributed by atoms with Gasteiger partial charge in [0.05, 0.1) is 35.7 Å². The molecular formula is C40H57N5O5Si2. The molecule has 0 radical (unpaired) electrons. The van der Waals surface area contributed by atoms with Gasteiger partial charge >= 0.3 is 5.97 Å². The molecule has 1 aromatic carbocycles. The molecule has 1 fully saturated rings. The molecule has 0 atom stereocenters. The third-order valence-corrected chi connectivity index (χ3v) is 13.0. The standard InChI is InChI=1S/C40H57N5O5Si2/c1-9-50-29(2)36-37(31-15-17-32(18-16-31)40(46)47)43-38-34(33-19-20-35(41-25-33)30-13-11-10-12-14-30)26-42-45(38)39(36)44(27-48-21-23-51(3,4)5)28-49-22-24-52(6,7)8/h10-14,19-20,25-26,31-32H,2,9,15-18,21-24,27-28H2,1,3-8H3,(H,46,47). The van der Waals surface area contributed by atoms with Crippen LogP contribution in [-0.2, 0) is 19.0 Å². The van der Waals surface area contributed by atoms with Gasteiger partial charge in [-0.2, -0.15) is 9.61 Å². The molecular weight excluding hydrogens is 687 g/mol. The normalized spacial score (nSPS) is 16.6. The number of ether oxygens (including phenoxy) is 3. The first-order valence-electron chi connectivity index (χ1n) is 18.6. The first-order chi connectivity index (χ1) is 24.8. The number of carbonyl (C=O) groups is 1. The highest BCUT2D eigenvalue weighted by Crippen LogP contribution is 2.42. The van der Waals surface area contributed by atoms with Gasteiger partial charge in [-0.25, -0.2) is 4.98 Å². The Bertz CT molecular complexity index is 1770. The van der Waals surface area contributed by atoms with E-state index in [1.165, 1.54) is 0 Å². The molecule has 3 aromatic heterocycles. The Balaban J connectivity index is 1.65. The van der Waals surface area contributed by atoms with Crippen LogP contribution in [0.15, 0.2) is 61.4 Å². The van der Waals surface area contributed by atoms with Crippen molar-refractivity contribution in [3.8, 4) is 22.4 Å². The molecule has 1 saturated carbocycles. The highest BCUT2D eigenvalue weighted by Gasteiger charge is 2.34. The summed E-state index contributed by atoms with van der Waals surface area (Å²) in [7, 11) is -2.66. The Kier molecular flexibility index (Phi) is 13.1. The molecule has 0 aliphatic heterocycles. The molecule has 12 heteroatoms. The fourth-order valence-corrected chi connectivity index (χ4v) is 8.03. The molecule has 1 aliphatic carbocycles. The van der Waals surface area contributed by atoms with Gasteiger partial charge in [0.25, 0.3) is 0 Å². The summed E-state index contributed by atoms with van der Waals surface area (Å²) in [5, 5.41) is 14.8. The SMILES string of the molecule is C=C(OCC)c1c(C2CCC(C(=O)O)CC2)nc2c(-c3ccc(-c4ccccc4)nc3)cnn2c1N(COCC[Si](C)(C)C)COCC[Si](C)(C)C. The Morgan fingerprint density at radius 3 is 2.08 bits per heavy atom. The van der Waals surface area contributed by atoms with Gasteiger partial charge in [0.1, 0.15) is 25.0 Å². The average Bonchev–Trinajstić information content (AvgIpc) is 3.54. The van der Waals surface area contributed by atoms with Crippen molar-refractivity contribution in [2.24, 2.45) is 5.92 Å². The van der Waals surface area contributed by atoms with Crippen LogP contribution in [0.3, 0.4) is 0 Å². The molecule has 1 N–H and O–H groups in total. The number of carboxylic acid groups (broad SMARTS) is 1. The maximum atomic E-state index is 11.9. The van der Waals surface area contributed by atoms with Crippen molar-refractivity contribution in [1.82, 2.24) is 19.6 Å². The van der Waals surface area contributed by atoms with Crippen LogP contribution in [0.1, 0.15) is 49.8 Å². The summed E-state index contributed by atoms with van der Waals surface area (Å²) < 4.78 is 20.9. The van der Waals surface area contributed by atoms with Crippen LogP contribution < -0.4 is 4.90 Å². The largest absolute Gasteiger partial charge is 0.494 e. The smallest absolute Gasteiger partial charge is 0.306 e. The number of carboxylic acids is 1. The molecule has 0 spiro atoms. The lowest BCUT2D eigenvalue weighted by Gasteiger charge is -2.32. The van der Waals surface area contributed by atoms with E-state index in [1.807, 2.05) is 48.1 Å². The molecule has 0 unspecified atom stereocenters. The Labute approximate surface area is 311 Å². The van der Waals surface area contributed by atoms with Gasteiger partial charge in [-0.05, 0) is 50.8 Å². The molecule has 5 rings (SSSR count). The van der Waals surface area contributed by atoms with Crippen LogP contribution in [0.5, 0.6) is 0 Å². The lowest BCUT2D eigenvalue weighted by atomic mass is 9.79. The van der Waals surface area contributed by atoms with E-state index in [4.69, 9.17) is 29.3 Å². The summed E-state index contributed by atoms with van der Waals surface area (Å²) in [6.45, 7) is 22.8. The second-order valence-corrected chi connectivity index (χ2v) is 27.5. The summed E-state index contributed by atoms with van der Waals surface area (Å²) in [6.07, 6.45) is 6.29. The van der Waals surface area contributed by atoms with E-state index in [0.717, 1.165) is 51.5 Å². The van der Waals surface area contributed by atoms with E-state index < -0.39 is 22.1 Å². The zero-order valence-corrected chi connectivity index (χ0v) is 34.2. The monoisotopic (exact) mass is 743 g/mol.